The van der Waals surface area contributed by atoms with Crippen LogP contribution in [0.5, 0.6) is 5.75 Å². The molecule has 0 spiro atoms. The number of ether oxygens (including phenoxy) is 1. The fraction of sp³-hybridized carbons (Fsp3) is 0.304. The highest BCUT2D eigenvalue weighted by Gasteiger charge is 2.25. The van der Waals surface area contributed by atoms with E-state index in [1.54, 1.807) is 31.2 Å². The SMILES string of the molecule is CC[C@H](C)[C@H](NC(=O)CNC(=O)COc1ccc2c(c1)oc(=O)c1ccccc12)C(=O)O. The Kier molecular flexibility index (Phi) is 7.09. The molecule has 1 heterocycles. The van der Waals surface area contributed by atoms with E-state index in [2.05, 4.69) is 10.6 Å². The van der Waals surface area contributed by atoms with E-state index in [0.717, 1.165) is 10.8 Å². The van der Waals surface area contributed by atoms with Gasteiger partial charge in [-0.05, 0) is 29.5 Å². The molecule has 3 N–H and O–H groups in total. The highest BCUT2D eigenvalue weighted by Crippen LogP contribution is 2.26. The van der Waals surface area contributed by atoms with Gasteiger partial charge in [0.05, 0.1) is 11.9 Å². The van der Waals surface area contributed by atoms with Crippen molar-refractivity contribution in [2.75, 3.05) is 13.2 Å². The number of carbonyl (C=O) groups is 3. The Morgan fingerprint density at radius 1 is 1.06 bits per heavy atom. The fourth-order valence-corrected chi connectivity index (χ4v) is 3.24. The Labute approximate surface area is 183 Å². The number of rotatable bonds is 9. The summed E-state index contributed by atoms with van der Waals surface area (Å²) in [5.41, 5.74) is -0.137. The maximum atomic E-state index is 12.2. The summed E-state index contributed by atoms with van der Waals surface area (Å²) in [4.78, 5) is 47.4. The van der Waals surface area contributed by atoms with Gasteiger partial charge in [0.15, 0.2) is 6.61 Å². The van der Waals surface area contributed by atoms with Crippen molar-refractivity contribution in [3.8, 4) is 5.75 Å². The quantitative estimate of drug-likeness (QED) is 0.342. The summed E-state index contributed by atoms with van der Waals surface area (Å²) in [6, 6.07) is 11.0. The van der Waals surface area contributed by atoms with Gasteiger partial charge in [-0.1, -0.05) is 38.5 Å². The number of carboxylic acids is 1. The second kappa shape index (κ2) is 9.95. The summed E-state index contributed by atoms with van der Waals surface area (Å²) in [7, 11) is 0. The van der Waals surface area contributed by atoms with Crippen LogP contribution in [-0.2, 0) is 14.4 Å². The second-order valence-electron chi connectivity index (χ2n) is 7.43. The first-order chi connectivity index (χ1) is 15.3. The van der Waals surface area contributed by atoms with Crippen LogP contribution in [0.3, 0.4) is 0 Å². The molecule has 0 aliphatic rings. The van der Waals surface area contributed by atoms with Crippen molar-refractivity contribution < 1.29 is 28.6 Å². The third-order valence-electron chi connectivity index (χ3n) is 5.20. The second-order valence-corrected chi connectivity index (χ2v) is 7.43. The van der Waals surface area contributed by atoms with Gasteiger partial charge in [-0.25, -0.2) is 9.59 Å². The van der Waals surface area contributed by atoms with Gasteiger partial charge in [-0.2, -0.15) is 0 Å². The van der Waals surface area contributed by atoms with Crippen molar-refractivity contribution in [2.45, 2.75) is 26.3 Å². The Morgan fingerprint density at radius 3 is 2.47 bits per heavy atom. The highest BCUT2D eigenvalue weighted by atomic mass is 16.5. The molecular formula is C23H24N2O7. The number of amides is 2. The average Bonchev–Trinajstić information content (AvgIpc) is 2.79. The van der Waals surface area contributed by atoms with Crippen LogP contribution in [0.25, 0.3) is 21.7 Å². The highest BCUT2D eigenvalue weighted by molar-refractivity contribution is 6.04. The maximum Gasteiger partial charge on any atom is 0.344 e. The van der Waals surface area contributed by atoms with Crippen molar-refractivity contribution in [3.05, 3.63) is 52.9 Å². The predicted octanol–water partition coefficient (Wildman–Crippen LogP) is 2.06. The van der Waals surface area contributed by atoms with Gasteiger partial charge in [0, 0.05) is 11.5 Å². The molecule has 2 amide bonds. The van der Waals surface area contributed by atoms with Gasteiger partial charge in [-0.3, -0.25) is 9.59 Å². The molecule has 3 aromatic rings. The van der Waals surface area contributed by atoms with Crippen molar-refractivity contribution in [2.24, 2.45) is 5.92 Å². The molecule has 9 nitrogen and oxygen atoms in total. The third kappa shape index (κ3) is 5.23. The van der Waals surface area contributed by atoms with Crippen LogP contribution in [0.4, 0.5) is 0 Å². The van der Waals surface area contributed by atoms with Crippen LogP contribution in [0.1, 0.15) is 20.3 Å². The molecular weight excluding hydrogens is 416 g/mol. The van der Waals surface area contributed by atoms with Crippen molar-refractivity contribution >= 4 is 39.5 Å². The number of fused-ring (bicyclic) bond motifs is 3. The molecule has 0 radical (unpaired) electrons. The lowest BCUT2D eigenvalue weighted by Crippen LogP contribution is -2.48. The van der Waals surface area contributed by atoms with E-state index in [0.29, 0.717) is 23.1 Å². The first-order valence-electron chi connectivity index (χ1n) is 10.2. The Balaban J connectivity index is 1.58. The first kappa shape index (κ1) is 22.8. The molecule has 2 aromatic carbocycles. The van der Waals surface area contributed by atoms with E-state index in [1.807, 2.05) is 19.1 Å². The standard InChI is InChI=1S/C23H24N2O7/c1-3-13(2)21(22(28)29)25-19(26)11-24-20(27)12-31-14-8-9-16-15-6-4-5-7-17(15)23(30)32-18(16)10-14/h4-10,13,21H,3,11-12H2,1-2H3,(H,24,27)(H,25,26)(H,28,29)/t13-,21-/m0/s1. The number of nitrogens with one attached hydrogen (secondary N) is 2. The number of benzene rings is 2. The van der Waals surface area contributed by atoms with Crippen LogP contribution in [0.15, 0.2) is 51.7 Å². The topological polar surface area (TPSA) is 135 Å². The third-order valence-corrected chi connectivity index (χ3v) is 5.20. The van der Waals surface area contributed by atoms with Gasteiger partial charge >= 0.3 is 11.6 Å². The molecule has 0 aliphatic carbocycles. The van der Waals surface area contributed by atoms with Gasteiger partial charge in [0.2, 0.25) is 5.91 Å². The number of aliphatic carboxylic acids is 1. The fourth-order valence-electron chi connectivity index (χ4n) is 3.24. The number of carboxylic acid groups (broad SMARTS) is 1. The molecule has 1 aromatic heterocycles. The molecule has 168 valence electrons. The predicted molar refractivity (Wildman–Crippen MR) is 118 cm³/mol. The monoisotopic (exact) mass is 440 g/mol. The molecule has 0 saturated carbocycles. The lowest BCUT2D eigenvalue weighted by Gasteiger charge is -2.20. The molecule has 0 saturated heterocycles. The lowest BCUT2D eigenvalue weighted by molar-refractivity contribution is -0.143. The van der Waals surface area contributed by atoms with E-state index in [9.17, 15) is 24.3 Å². The lowest BCUT2D eigenvalue weighted by atomic mass is 9.99. The maximum absolute atomic E-state index is 12.2. The normalized spacial score (nSPS) is 12.8. The zero-order chi connectivity index (χ0) is 23.3. The van der Waals surface area contributed by atoms with E-state index in [1.165, 1.54) is 6.07 Å². The summed E-state index contributed by atoms with van der Waals surface area (Å²) in [6.07, 6.45) is 0.582. The summed E-state index contributed by atoms with van der Waals surface area (Å²) in [5, 5.41) is 16.0. The summed E-state index contributed by atoms with van der Waals surface area (Å²) in [5.74, 6) is -2.22. The van der Waals surface area contributed by atoms with Gasteiger partial charge in [0.1, 0.15) is 17.4 Å². The number of hydrogen-bond donors (Lipinski definition) is 3. The van der Waals surface area contributed by atoms with Crippen LogP contribution in [0.2, 0.25) is 0 Å². The minimum atomic E-state index is -1.13. The molecule has 0 aliphatic heterocycles. The van der Waals surface area contributed by atoms with E-state index in [4.69, 9.17) is 9.15 Å². The first-order valence-corrected chi connectivity index (χ1v) is 10.2. The molecule has 32 heavy (non-hydrogen) atoms. The molecule has 2 atom stereocenters. The van der Waals surface area contributed by atoms with Gasteiger partial charge in [0.25, 0.3) is 5.91 Å². The van der Waals surface area contributed by atoms with Crippen LogP contribution >= 0.6 is 0 Å². The Hall–Kier alpha value is -3.88. The summed E-state index contributed by atoms with van der Waals surface area (Å²) < 4.78 is 10.8. The Morgan fingerprint density at radius 2 is 1.78 bits per heavy atom. The van der Waals surface area contributed by atoms with Crippen LogP contribution in [0, 0.1) is 5.92 Å². The minimum Gasteiger partial charge on any atom is -0.484 e. The molecule has 0 fully saturated rings. The average molecular weight is 440 g/mol. The Bertz CT molecular complexity index is 1220. The molecule has 0 unspecified atom stereocenters. The van der Waals surface area contributed by atoms with Gasteiger partial charge in [-0.15, -0.1) is 0 Å². The van der Waals surface area contributed by atoms with Gasteiger partial charge < -0.3 is 24.9 Å². The summed E-state index contributed by atoms with van der Waals surface area (Å²) in [6.45, 7) is 2.80. The zero-order valence-corrected chi connectivity index (χ0v) is 17.7. The summed E-state index contributed by atoms with van der Waals surface area (Å²) >= 11 is 0. The largest absolute Gasteiger partial charge is 0.484 e. The molecule has 9 heteroatoms. The zero-order valence-electron chi connectivity index (χ0n) is 17.7. The molecule has 3 rings (SSSR count). The van der Waals surface area contributed by atoms with Crippen molar-refractivity contribution in [1.82, 2.24) is 10.6 Å². The van der Waals surface area contributed by atoms with E-state index >= 15 is 0 Å². The van der Waals surface area contributed by atoms with Crippen molar-refractivity contribution in [1.29, 1.82) is 0 Å². The molecule has 0 bridgehead atoms. The number of hydrogen-bond acceptors (Lipinski definition) is 6. The van der Waals surface area contributed by atoms with E-state index < -0.39 is 29.5 Å². The number of carbonyl (C=O) groups excluding carboxylic acids is 2. The van der Waals surface area contributed by atoms with Crippen molar-refractivity contribution in [3.63, 3.8) is 0 Å². The van der Waals surface area contributed by atoms with E-state index in [-0.39, 0.29) is 19.1 Å². The smallest absolute Gasteiger partial charge is 0.344 e. The van der Waals surface area contributed by atoms with Crippen LogP contribution in [-0.4, -0.2) is 42.1 Å². The van der Waals surface area contributed by atoms with Crippen LogP contribution < -0.4 is 21.0 Å². The minimum absolute atomic E-state index is 0.249.